The van der Waals surface area contributed by atoms with Crippen LogP contribution in [0.4, 0.5) is 5.69 Å². The molecule has 2 heterocycles. The summed E-state index contributed by atoms with van der Waals surface area (Å²) in [5.41, 5.74) is 3.32. The van der Waals surface area contributed by atoms with Crippen LogP contribution >= 0.6 is 0 Å². The molecule has 0 radical (unpaired) electrons. The van der Waals surface area contributed by atoms with E-state index in [1.54, 1.807) is 26.0 Å². The summed E-state index contributed by atoms with van der Waals surface area (Å²) in [6.07, 6.45) is 0.242. The molecule has 0 atom stereocenters. The summed E-state index contributed by atoms with van der Waals surface area (Å²) < 4.78 is 0. The highest BCUT2D eigenvalue weighted by atomic mass is 16.2. The highest BCUT2D eigenvalue weighted by molar-refractivity contribution is 6.25. The average Bonchev–Trinajstić information content (AvgIpc) is 2.71. The molecular weight excluding hydrogens is 242 g/mol. The van der Waals surface area contributed by atoms with Crippen LogP contribution in [0.3, 0.4) is 0 Å². The first-order valence-corrected chi connectivity index (χ1v) is 6.06. The van der Waals surface area contributed by atoms with Crippen LogP contribution in [0.25, 0.3) is 0 Å². The monoisotopic (exact) mass is 255 g/mol. The number of nitrogens with zero attached hydrogens (tertiary/aromatic N) is 2. The van der Waals surface area contributed by atoms with Crippen molar-refractivity contribution in [2.75, 3.05) is 4.90 Å². The molecule has 3 rings (SSSR count). The molecule has 2 amide bonds. The number of aromatic nitrogens is 2. The van der Waals surface area contributed by atoms with Gasteiger partial charge in [0.1, 0.15) is 0 Å². The van der Waals surface area contributed by atoms with Crippen LogP contribution in [0, 0.1) is 13.8 Å². The Labute approximate surface area is 110 Å². The van der Waals surface area contributed by atoms with E-state index in [2.05, 4.69) is 10.2 Å². The van der Waals surface area contributed by atoms with Crippen molar-refractivity contribution in [3.8, 4) is 0 Å². The third-order valence-corrected chi connectivity index (χ3v) is 3.35. The first-order valence-electron chi connectivity index (χ1n) is 6.06. The molecule has 5 heteroatoms. The van der Waals surface area contributed by atoms with Crippen LogP contribution in [0.15, 0.2) is 24.3 Å². The summed E-state index contributed by atoms with van der Waals surface area (Å²) in [6.45, 7) is 3.58. The van der Waals surface area contributed by atoms with Gasteiger partial charge in [-0.05, 0) is 25.5 Å². The van der Waals surface area contributed by atoms with Gasteiger partial charge in [-0.3, -0.25) is 14.7 Å². The Hall–Kier alpha value is -2.43. The number of carbonyl (C=O) groups excluding carboxylic acids is 2. The fourth-order valence-electron chi connectivity index (χ4n) is 2.46. The van der Waals surface area contributed by atoms with Gasteiger partial charge in [0.15, 0.2) is 0 Å². The van der Waals surface area contributed by atoms with E-state index in [1.165, 1.54) is 4.90 Å². The smallest absolute Gasteiger partial charge is 0.265 e. The Bertz CT molecular complexity index is 668. The highest BCUT2D eigenvalue weighted by Crippen LogP contribution is 2.29. The normalized spacial score (nSPS) is 14.7. The average molecular weight is 255 g/mol. The lowest BCUT2D eigenvalue weighted by Gasteiger charge is -2.26. The molecule has 0 saturated carbocycles. The maximum absolute atomic E-state index is 12.5. The van der Waals surface area contributed by atoms with Gasteiger partial charge in [0.2, 0.25) is 5.91 Å². The lowest BCUT2D eigenvalue weighted by molar-refractivity contribution is -0.117. The number of imide groups is 1. The number of fused-ring (bicyclic) bond motifs is 1. The van der Waals surface area contributed by atoms with Crippen molar-refractivity contribution < 1.29 is 9.59 Å². The molecule has 1 aromatic carbocycles. The van der Waals surface area contributed by atoms with Gasteiger partial charge in [0.25, 0.3) is 5.91 Å². The second-order valence-corrected chi connectivity index (χ2v) is 4.65. The quantitative estimate of drug-likeness (QED) is 0.789. The minimum Gasteiger partial charge on any atom is -0.280 e. The predicted octanol–water partition coefficient (Wildman–Crippen LogP) is 1.76. The number of nitrogens with one attached hydrogen (secondary N) is 1. The number of benzene rings is 1. The van der Waals surface area contributed by atoms with Gasteiger partial charge in [-0.2, -0.15) is 5.10 Å². The molecule has 0 aliphatic carbocycles. The minimum atomic E-state index is -0.278. The van der Waals surface area contributed by atoms with Crippen molar-refractivity contribution >= 4 is 17.5 Å². The Morgan fingerprint density at radius 3 is 2.63 bits per heavy atom. The Morgan fingerprint density at radius 1 is 1.21 bits per heavy atom. The molecule has 96 valence electrons. The highest BCUT2D eigenvalue weighted by Gasteiger charge is 2.34. The van der Waals surface area contributed by atoms with Crippen LogP contribution in [0.1, 0.15) is 27.3 Å². The van der Waals surface area contributed by atoms with E-state index in [1.807, 2.05) is 12.1 Å². The van der Waals surface area contributed by atoms with Crippen molar-refractivity contribution in [3.63, 3.8) is 0 Å². The van der Waals surface area contributed by atoms with Gasteiger partial charge < -0.3 is 0 Å². The van der Waals surface area contributed by atoms with E-state index in [9.17, 15) is 9.59 Å². The third-order valence-electron chi connectivity index (χ3n) is 3.35. The van der Waals surface area contributed by atoms with Crippen molar-refractivity contribution in [3.05, 3.63) is 46.8 Å². The topological polar surface area (TPSA) is 66.1 Å². The molecule has 1 aliphatic heterocycles. The largest absolute Gasteiger partial charge is 0.280 e. The molecular formula is C14H13N3O2. The van der Waals surface area contributed by atoms with Gasteiger partial charge in [0, 0.05) is 5.56 Å². The molecule has 19 heavy (non-hydrogen) atoms. The Kier molecular flexibility index (Phi) is 2.48. The number of hydrogen-bond acceptors (Lipinski definition) is 3. The SMILES string of the molecule is Cc1n[nH]c(C)c1N1C(=O)Cc2ccccc2C1=O. The zero-order valence-electron chi connectivity index (χ0n) is 10.7. The zero-order valence-corrected chi connectivity index (χ0v) is 10.7. The van der Waals surface area contributed by atoms with Crippen molar-refractivity contribution in [2.24, 2.45) is 0 Å². The first-order chi connectivity index (χ1) is 9.09. The lowest BCUT2D eigenvalue weighted by Crippen LogP contribution is -2.43. The summed E-state index contributed by atoms with van der Waals surface area (Å²) in [6, 6.07) is 7.21. The molecule has 0 fully saturated rings. The summed E-state index contributed by atoms with van der Waals surface area (Å²) in [7, 11) is 0. The summed E-state index contributed by atoms with van der Waals surface area (Å²) in [5.74, 6) is -0.490. The van der Waals surface area contributed by atoms with E-state index in [-0.39, 0.29) is 18.2 Å². The van der Waals surface area contributed by atoms with Crippen LogP contribution in [0.5, 0.6) is 0 Å². The van der Waals surface area contributed by atoms with Gasteiger partial charge in [0.05, 0.1) is 23.5 Å². The number of anilines is 1. The number of hydrogen-bond donors (Lipinski definition) is 1. The molecule has 1 aliphatic rings. The standard InChI is InChI=1S/C14H13N3O2/c1-8-13(9(2)16-15-8)17-12(18)7-10-5-3-4-6-11(10)14(17)19/h3-6H,7H2,1-2H3,(H,15,16). The summed E-state index contributed by atoms with van der Waals surface area (Å²) in [5, 5.41) is 6.85. The molecule has 1 N–H and O–H groups in total. The summed E-state index contributed by atoms with van der Waals surface area (Å²) >= 11 is 0. The van der Waals surface area contributed by atoms with Gasteiger partial charge in [-0.25, -0.2) is 4.90 Å². The van der Waals surface area contributed by atoms with E-state index < -0.39 is 0 Å². The van der Waals surface area contributed by atoms with Gasteiger partial charge >= 0.3 is 0 Å². The van der Waals surface area contributed by atoms with E-state index in [0.717, 1.165) is 11.3 Å². The maximum Gasteiger partial charge on any atom is 0.265 e. The minimum absolute atomic E-state index is 0.212. The third kappa shape index (κ3) is 1.66. The fraction of sp³-hybridized carbons (Fsp3) is 0.214. The van der Waals surface area contributed by atoms with Crippen LogP contribution in [0.2, 0.25) is 0 Å². The van der Waals surface area contributed by atoms with E-state index >= 15 is 0 Å². The number of carbonyl (C=O) groups is 2. The second-order valence-electron chi connectivity index (χ2n) is 4.65. The van der Waals surface area contributed by atoms with E-state index in [0.29, 0.717) is 16.9 Å². The van der Waals surface area contributed by atoms with E-state index in [4.69, 9.17) is 0 Å². The van der Waals surface area contributed by atoms with Gasteiger partial charge in [-0.15, -0.1) is 0 Å². The summed E-state index contributed by atoms with van der Waals surface area (Å²) in [4.78, 5) is 26.0. The number of rotatable bonds is 1. The number of aryl methyl sites for hydroxylation is 2. The van der Waals surface area contributed by atoms with Crippen molar-refractivity contribution in [1.82, 2.24) is 10.2 Å². The Morgan fingerprint density at radius 2 is 1.95 bits per heavy atom. The van der Waals surface area contributed by atoms with Gasteiger partial charge in [-0.1, -0.05) is 18.2 Å². The number of aromatic amines is 1. The molecule has 2 aromatic rings. The van der Waals surface area contributed by atoms with Crippen molar-refractivity contribution in [2.45, 2.75) is 20.3 Å². The maximum atomic E-state index is 12.5. The number of H-pyrrole nitrogens is 1. The number of amides is 2. The molecule has 0 spiro atoms. The lowest BCUT2D eigenvalue weighted by atomic mass is 9.98. The second kappa shape index (κ2) is 4.05. The Balaban J connectivity index is 2.15. The molecule has 5 nitrogen and oxygen atoms in total. The van der Waals surface area contributed by atoms with Crippen LogP contribution in [-0.4, -0.2) is 22.0 Å². The van der Waals surface area contributed by atoms with Crippen LogP contribution < -0.4 is 4.90 Å². The molecule has 0 bridgehead atoms. The van der Waals surface area contributed by atoms with Crippen molar-refractivity contribution in [1.29, 1.82) is 0 Å². The van der Waals surface area contributed by atoms with Crippen LogP contribution in [-0.2, 0) is 11.2 Å². The molecule has 1 aromatic heterocycles. The molecule has 0 saturated heterocycles. The zero-order chi connectivity index (χ0) is 13.6. The predicted molar refractivity (Wildman–Crippen MR) is 70.0 cm³/mol. The first kappa shape index (κ1) is 11.6. The fourth-order valence-corrected chi connectivity index (χ4v) is 2.46. The molecule has 0 unspecified atom stereocenters.